The summed E-state index contributed by atoms with van der Waals surface area (Å²) in [5.74, 6) is 0. The van der Waals surface area contributed by atoms with Gasteiger partial charge in [-0.3, -0.25) is 4.68 Å². The molecule has 20 heavy (non-hydrogen) atoms. The predicted molar refractivity (Wildman–Crippen MR) is 71.0 cm³/mol. The first-order chi connectivity index (χ1) is 9.29. The van der Waals surface area contributed by atoms with Crippen LogP contribution in [0.3, 0.4) is 0 Å². The summed E-state index contributed by atoms with van der Waals surface area (Å²) in [4.78, 5) is 0. The van der Waals surface area contributed by atoms with Crippen molar-refractivity contribution in [3.05, 3.63) is 41.6 Å². The molecule has 2 rings (SSSR count). The lowest BCUT2D eigenvalue weighted by molar-refractivity contribution is -0.137. The molecule has 0 spiro atoms. The van der Waals surface area contributed by atoms with Crippen LogP contribution < -0.4 is 5.73 Å². The Morgan fingerprint density at radius 3 is 2.35 bits per heavy atom. The monoisotopic (exact) mass is 283 g/mol. The van der Waals surface area contributed by atoms with Gasteiger partial charge < -0.3 is 5.73 Å². The van der Waals surface area contributed by atoms with Crippen molar-refractivity contribution in [3.63, 3.8) is 0 Å². The molecule has 1 aromatic heterocycles. The maximum Gasteiger partial charge on any atom is 0.416 e. The predicted octanol–water partition coefficient (Wildman–Crippen LogP) is 3.00. The molecule has 1 unspecified atom stereocenters. The molecule has 0 amide bonds. The Morgan fingerprint density at radius 1 is 1.25 bits per heavy atom. The molecule has 0 aliphatic carbocycles. The number of nitrogens with zero attached hydrogens (tertiary/aromatic N) is 2. The van der Waals surface area contributed by atoms with E-state index in [0.29, 0.717) is 12.0 Å². The number of alkyl halides is 3. The lowest BCUT2D eigenvalue weighted by Gasteiger charge is -2.10. The maximum absolute atomic E-state index is 12.6. The highest BCUT2D eigenvalue weighted by molar-refractivity contribution is 5.63. The Bertz CT molecular complexity index is 583. The second-order valence-electron chi connectivity index (χ2n) is 4.90. The number of nitrogens with two attached hydrogens (primary N) is 1. The van der Waals surface area contributed by atoms with E-state index >= 15 is 0 Å². The van der Waals surface area contributed by atoms with E-state index in [-0.39, 0.29) is 6.04 Å². The van der Waals surface area contributed by atoms with Gasteiger partial charge in [0.25, 0.3) is 0 Å². The number of halogens is 3. The average molecular weight is 283 g/mol. The van der Waals surface area contributed by atoms with E-state index in [4.69, 9.17) is 5.73 Å². The summed E-state index contributed by atoms with van der Waals surface area (Å²) >= 11 is 0. The number of rotatable bonds is 3. The van der Waals surface area contributed by atoms with Gasteiger partial charge in [0.15, 0.2) is 0 Å². The fraction of sp³-hybridized carbons (Fsp3) is 0.357. The molecule has 3 nitrogen and oxygen atoms in total. The fourth-order valence-electron chi connectivity index (χ4n) is 2.17. The van der Waals surface area contributed by atoms with Gasteiger partial charge in [0, 0.05) is 18.7 Å². The molecular weight excluding hydrogens is 267 g/mol. The van der Waals surface area contributed by atoms with Crippen molar-refractivity contribution in [2.24, 2.45) is 12.8 Å². The van der Waals surface area contributed by atoms with E-state index in [2.05, 4.69) is 5.10 Å². The van der Waals surface area contributed by atoms with Gasteiger partial charge in [0.2, 0.25) is 0 Å². The van der Waals surface area contributed by atoms with E-state index in [1.807, 2.05) is 6.92 Å². The van der Waals surface area contributed by atoms with E-state index < -0.39 is 11.7 Å². The van der Waals surface area contributed by atoms with Crippen molar-refractivity contribution < 1.29 is 13.2 Å². The summed E-state index contributed by atoms with van der Waals surface area (Å²) in [6.07, 6.45) is -1.99. The van der Waals surface area contributed by atoms with Crippen molar-refractivity contribution in [3.8, 4) is 11.3 Å². The third-order valence-corrected chi connectivity index (χ3v) is 3.04. The summed E-state index contributed by atoms with van der Waals surface area (Å²) < 4.78 is 39.3. The Hall–Kier alpha value is -1.82. The fourth-order valence-corrected chi connectivity index (χ4v) is 2.17. The zero-order chi connectivity index (χ0) is 14.9. The minimum Gasteiger partial charge on any atom is -0.328 e. The van der Waals surface area contributed by atoms with Crippen LogP contribution in [0.5, 0.6) is 0 Å². The maximum atomic E-state index is 12.6. The van der Waals surface area contributed by atoms with Gasteiger partial charge >= 0.3 is 6.18 Å². The Labute approximate surface area is 115 Å². The SMILES string of the molecule is CC(N)Cc1cnn(C)c1-c1ccc(C(F)(F)F)cc1. The smallest absolute Gasteiger partial charge is 0.328 e. The van der Waals surface area contributed by atoms with Gasteiger partial charge in [0.1, 0.15) is 0 Å². The third kappa shape index (κ3) is 3.01. The number of benzene rings is 1. The summed E-state index contributed by atoms with van der Waals surface area (Å²) in [5.41, 5.74) is 7.56. The van der Waals surface area contributed by atoms with Crippen molar-refractivity contribution in [2.45, 2.75) is 25.6 Å². The Kier molecular flexibility index (Phi) is 3.85. The molecule has 6 heteroatoms. The van der Waals surface area contributed by atoms with Gasteiger partial charge in [-0.15, -0.1) is 0 Å². The molecule has 108 valence electrons. The molecule has 2 N–H and O–H groups in total. The highest BCUT2D eigenvalue weighted by Gasteiger charge is 2.30. The molecule has 0 bridgehead atoms. The van der Waals surface area contributed by atoms with Crippen LogP contribution in [0.1, 0.15) is 18.1 Å². The van der Waals surface area contributed by atoms with Gasteiger partial charge in [-0.25, -0.2) is 0 Å². The van der Waals surface area contributed by atoms with E-state index in [0.717, 1.165) is 23.4 Å². The molecule has 1 atom stereocenters. The topological polar surface area (TPSA) is 43.8 Å². The van der Waals surface area contributed by atoms with E-state index in [1.54, 1.807) is 17.9 Å². The zero-order valence-corrected chi connectivity index (χ0v) is 11.3. The highest BCUT2D eigenvalue weighted by Crippen LogP contribution is 2.31. The van der Waals surface area contributed by atoms with Crippen molar-refractivity contribution in [1.29, 1.82) is 0 Å². The van der Waals surface area contributed by atoms with E-state index in [1.165, 1.54) is 12.1 Å². The number of aromatic nitrogens is 2. The van der Waals surface area contributed by atoms with Crippen LogP contribution in [0.25, 0.3) is 11.3 Å². The van der Waals surface area contributed by atoms with Crippen LogP contribution in [-0.2, 0) is 19.6 Å². The number of hydrogen-bond acceptors (Lipinski definition) is 2. The molecule has 0 aliphatic rings. The highest BCUT2D eigenvalue weighted by atomic mass is 19.4. The summed E-state index contributed by atoms with van der Waals surface area (Å²) in [6.45, 7) is 1.88. The second-order valence-corrected chi connectivity index (χ2v) is 4.90. The summed E-state index contributed by atoms with van der Waals surface area (Å²) in [6, 6.07) is 5.05. The van der Waals surface area contributed by atoms with Gasteiger partial charge in [0.05, 0.1) is 17.5 Å². The van der Waals surface area contributed by atoms with Crippen LogP contribution >= 0.6 is 0 Å². The molecular formula is C14H16F3N3. The first-order valence-electron chi connectivity index (χ1n) is 6.23. The summed E-state index contributed by atoms with van der Waals surface area (Å²) in [7, 11) is 1.76. The molecule has 0 radical (unpaired) electrons. The molecule has 1 aromatic carbocycles. The Balaban J connectivity index is 2.39. The zero-order valence-electron chi connectivity index (χ0n) is 11.3. The standard InChI is InChI=1S/C14H16F3N3/c1-9(18)7-11-8-19-20(2)13(11)10-3-5-12(6-4-10)14(15,16)17/h3-6,8-9H,7,18H2,1-2H3. The first-order valence-corrected chi connectivity index (χ1v) is 6.23. The molecule has 0 aliphatic heterocycles. The minimum absolute atomic E-state index is 0.0348. The van der Waals surface area contributed by atoms with Crippen LogP contribution in [0.4, 0.5) is 13.2 Å². The summed E-state index contributed by atoms with van der Waals surface area (Å²) in [5, 5.41) is 4.16. The molecule has 0 saturated heterocycles. The lowest BCUT2D eigenvalue weighted by Crippen LogP contribution is -2.18. The first kappa shape index (κ1) is 14.6. The van der Waals surface area contributed by atoms with Crippen LogP contribution in [0.2, 0.25) is 0 Å². The normalized spacial score (nSPS) is 13.5. The number of aryl methyl sites for hydroxylation is 1. The van der Waals surface area contributed by atoms with Gasteiger partial charge in [-0.1, -0.05) is 12.1 Å². The van der Waals surface area contributed by atoms with E-state index in [9.17, 15) is 13.2 Å². The lowest BCUT2D eigenvalue weighted by atomic mass is 10.0. The van der Waals surface area contributed by atoms with Crippen LogP contribution in [0.15, 0.2) is 30.5 Å². The number of hydrogen-bond donors (Lipinski definition) is 1. The molecule has 0 saturated carbocycles. The quantitative estimate of drug-likeness (QED) is 0.941. The van der Waals surface area contributed by atoms with Crippen LogP contribution in [-0.4, -0.2) is 15.8 Å². The van der Waals surface area contributed by atoms with Crippen LogP contribution in [0, 0.1) is 0 Å². The Morgan fingerprint density at radius 2 is 1.85 bits per heavy atom. The second kappa shape index (κ2) is 5.28. The third-order valence-electron chi connectivity index (χ3n) is 3.04. The van der Waals surface area contributed by atoms with Gasteiger partial charge in [-0.2, -0.15) is 18.3 Å². The molecule has 0 fully saturated rings. The molecule has 2 aromatic rings. The molecule has 1 heterocycles. The largest absolute Gasteiger partial charge is 0.416 e. The minimum atomic E-state index is -4.32. The van der Waals surface area contributed by atoms with Crippen molar-refractivity contribution in [1.82, 2.24) is 9.78 Å². The average Bonchev–Trinajstić information content (AvgIpc) is 2.69. The van der Waals surface area contributed by atoms with Crippen molar-refractivity contribution in [2.75, 3.05) is 0 Å². The van der Waals surface area contributed by atoms with Gasteiger partial charge in [-0.05, 0) is 31.0 Å². The van der Waals surface area contributed by atoms with Crippen molar-refractivity contribution >= 4 is 0 Å².